The van der Waals surface area contributed by atoms with Crippen LogP contribution in [-0.4, -0.2) is 47.2 Å². The molecule has 1 unspecified atom stereocenters. The van der Waals surface area contributed by atoms with E-state index in [1.165, 1.54) is 17.4 Å². The van der Waals surface area contributed by atoms with Crippen molar-refractivity contribution in [3.63, 3.8) is 0 Å². The van der Waals surface area contributed by atoms with Crippen LogP contribution < -0.4 is 0 Å². The second kappa shape index (κ2) is 8.48. The Morgan fingerprint density at radius 1 is 1.36 bits per heavy atom. The van der Waals surface area contributed by atoms with Crippen molar-refractivity contribution >= 4 is 16.9 Å². The summed E-state index contributed by atoms with van der Waals surface area (Å²) in [5.41, 5.74) is 2.38. The van der Waals surface area contributed by atoms with E-state index in [0.29, 0.717) is 18.9 Å². The smallest absolute Gasteiger partial charge is 0.224 e. The van der Waals surface area contributed by atoms with E-state index in [4.69, 9.17) is 4.74 Å². The summed E-state index contributed by atoms with van der Waals surface area (Å²) < 4.78 is 7.20. The molecule has 3 heterocycles. The summed E-state index contributed by atoms with van der Waals surface area (Å²) >= 11 is 0. The van der Waals surface area contributed by atoms with Gasteiger partial charge >= 0.3 is 0 Å². The fourth-order valence-corrected chi connectivity index (χ4v) is 3.79. The van der Waals surface area contributed by atoms with Crippen molar-refractivity contribution in [2.45, 2.75) is 45.6 Å². The Kier molecular flexibility index (Phi) is 6.08. The number of aryl methyl sites for hydroxylation is 1. The van der Waals surface area contributed by atoms with Crippen molar-refractivity contribution < 1.29 is 9.53 Å². The number of carbonyl (C=O) groups excluding carboxylic acids is 1. The van der Waals surface area contributed by atoms with Gasteiger partial charge in [0.2, 0.25) is 5.91 Å². The van der Waals surface area contributed by atoms with E-state index in [1.807, 2.05) is 11.1 Å². The van der Waals surface area contributed by atoms with Crippen LogP contribution in [0, 0.1) is 5.92 Å². The zero-order valence-electron chi connectivity index (χ0n) is 15.4. The Hall–Kier alpha value is -1.88. The highest BCUT2D eigenvalue weighted by Crippen LogP contribution is 2.24. The topological polar surface area (TPSA) is 47.4 Å². The maximum Gasteiger partial charge on any atom is 0.224 e. The molecule has 0 aliphatic carbocycles. The number of ether oxygens (including phenoxy) is 1. The second-order valence-electron chi connectivity index (χ2n) is 6.98. The van der Waals surface area contributed by atoms with Crippen LogP contribution in [-0.2, 0) is 22.5 Å². The first-order valence-corrected chi connectivity index (χ1v) is 9.41. The number of hydrogen-bond donors (Lipinski definition) is 0. The lowest BCUT2D eigenvalue weighted by Crippen LogP contribution is -2.32. The first kappa shape index (κ1) is 17.9. The van der Waals surface area contributed by atoms with E-state index in [2.05, 4.69) is 34.8 Å². The number of hydrogen-bond acceptors (Lipinski definition) is 3. The number of rotatable bonds is 6. The molecule has 1 aliphatic heterocycles. The van der Waals surface area contributed by atoms with Gasteiger partial charge in [0.1, 0.15) is 5.65 Å². The SMILES string of the molecule is CCn1ccc2cc(CC3CCCN(C(=O)CCOC)CC3)cnc21. The van der Waals surface area contributed by atoms with Gasteiger partial charge in [0.05, 0.1) is 13.0 Å². The maximum absolute atomic E-state index is 12.2. The van der Waals surface area contributed by atoms with Crippen LogP contribution in [0.4, 0.5) is 0 Å². The van der Waals surface area contributed by atoms with Crippen molar-refractivity contribution in [3.8, 4) is 0 Å². The third-order valence-electron chi connectivity index (χ3n) is 5.24. The summed E-state index contributed by atoms with van der Waals surface area (Å²) in [5.74, 6) is 0.860. The second-order valence-corrected chi connectivity index (χ2v) is 6.98. The van der Waals surface area contributed by atoms with E-state index in [0.717, 1.165) is 44.5 Å². The highest BCUT2D eigenvalue weighted by Gasteiger charge is 2.20. The molecule has 0 spiro atoms. The highest BCUT2D eigenvalue weighted by molar-refractivity contribution is 5.77. The molecule has 5 heteroatoms. The van der Waals surface area contributed by atoms with Gasteiger partial charge in [0.25, 0.3) is 0 Å². The molecular formula is C20H29N3O2. The first-order valence-electron chi connectivity index (χ1n) is 9.41. The first-order chi connectivity index (χ1) is 12.2. The molecule has 0 saturated carbocycles. The Bertz CT molecular complexity index is 710. The molecule has 1 fully saturated rings. The predicted octanol–water partition coefficient (Wildman–Crippen LogP) is 3.26. The van der Waals surface area contributed by atoms with Crippen molar-refractivity contribution in [1.82, 2.24) is 14.5 Å². The normalized spacial score (nSPS) is 18.5. The summed E-state index contributed by atoms with van der Waals surface area (Å²) in [5, 5.41) is 1.23. The molecule has 136 valence electrons. The van der Waals surface area contributed by atoms with Crippen LogP contribution in [0.1, 0.15) is 38.2 Å². The summed E-state index contributed by atoms with van der Waals surface area (Å²) in [6, 6.07) is 4.43. The molecule has 5 nitrogen and oxygen atoms in total. The van der Waals surface area contributed by atoms with Crippen molar-refractivity contribution in [1.29, 1.82) is 0 Å². The molecule has 2 aromatic rings. The largest absolute Gasteiger partial charge is 0.384 e. The zero-order chi connectivity index (χ0) is 17.6. The summed E-state index contributed by atoms with van der Waals surface area (Å²) in [4.78, 5) is 18.9. The molecule has 2 aromatic heterocycles. The van der Waals surface area contributed by atoms with Gasteiger partial charge in [-0.2, -0.15) is 0 Å². The van der Waals surface area contributed by atoms with E-state index in [1.54, 1.807) is 7.11 Å². The van der Waals surface area contributed by atoms with Gasteiger partial charge in [0.15, 0.2) is 0 Å². The lowest BCUT2D eigenvalue weighted by molar-refractivity contribution is -0.132. The van der Waals surface area contributed by atoms with Crippen LogP contribution in [0.3, 0.4) is 0 Å². The molecule has 0 bridgehead atoms. The molecule has 1 aliphatic rings. The van der Waals surface area contributed by atoms with Gasteiger partial charge < -0.3 is 14.2 Å². The van der Waals surface area contributed by atoms with Crippen LogP contribution in [0.2, 0.25) is 0 Å². The minimum absolute atomic E-state index is 0.228. The van der Waals surface area contributed by atoms with E-state index < -0.39 is 0 Å². The molecular weight excluding hydrogens is 314 g/mol. The van der Waals surface area contributed by atoms with Crippen LogP contribution >= 0.6 is 0 Å². The third-order valence-corrected chi connectivity index (χ3v) is 5.24. The monoisotopic (exact) mass is 343 g/mol. The number of nitrogens with zero attached hydrogens (tertiary/aromatic N) is 3. The van der Waals surface area contributed by atoms with Gasteiger partial charge in [-0.15, -0.1) is 0 Å². The minimum atomic E-state index is 0.228. The predicted molar refractivity (Wildman–Crippen MR) is 99.5 cm³/mol. The van der Waals surface area contributed by atoms with Gasteiger partial charge in [-0.1, -0.05) is 0 Å². The molecule has 1 atom stereocenters. The van der Waals surface area contributed by atoms with Gasteiger partial charge in [-0.3, -0.25) is 4.79 Å². The molecule has 0 N–H and O–H groups in total. The fourth-order valence-electron chi connectivity index (χ4n) is 3.79. The standard InChI is InChI=1S/C20H29N3O2/c1-3-22-11-7-18-14-17(15-21-20(18)22)13-16-5-4-9-23(10-6-16)19(24)8-12-25-2/h7,11,14-16H,3-6,8-10,12-13H2,1-2H3. The third kappa shape index (κ3) is 4.40. The number of carbonyl (C=O) groups is 1. The number of methoxy groups -OCH3 is 1. The molecule has 0 radical (unpaired) electrons. The van der Waals surface area contributed by atoms with Gasteiger partial charge in [-0.05, 0) is 56.2 Å². The summed E-state index contributed by atoms with van der Waals surface area (Å²) in [6.45, 7) is 5.36. The number of aromatic nitrogens is 2. The van der Waals surface area contributed by atoms with Crippen molar-refractivity contribution in [2.24, 2.45) is 5.92 Å². The number of likely N-dealkylation sites (tertiary alicyclic amines) is 1. The summed E-state index contributed by atoms with van der Waals surface area (Å²) in [7, 11) is 1.64. The van der Waals surface area contributed by atoms with Crippen molar-refractivity contribution in [3.05, 3.63) is 30.1 Å². The quantitative estimate of drug-likeness (QED) is 0.809. The van der Waals surface area contributed by atoms with Gasteiger partial charge in [-0.25, -0.2) is 4.98 Å². The zero-order valence-corrected chi connectivity index (χ0v) is 15.4. The Labute approximate surface area is 150 Å². The lowest BCUT2D eigenvalue weighted by atomic mass is 9.93. The molecule has 1 saturated heterocycles. The fraction of sp³-hybridized carbons (Fsp3) is 0.600. The van der Waals surface area contributed by atoms with Gasteiger partial charge in [0, 0.05) is 44.5 Å². The van der Waals surface area contributed by atoms with E-state index in [-0.39, 0.29) is 5.91 Å². The maximum atomic E-state index is 12.2. The lowest BCUT2D eigenvalue weighted by Gasteiger charge is -2.20. The average molecular weight is 343 g/mol. The van der Waals surface area contributed by atoms with E-state index >= 15 is 0 Å². The summed E-state index contributed by atoms with van der Waals surface area (Å²) in [6.07, 6.45) is 9.04. The molecule has 1 amide bonds. The Morgan fingerprint density at radius 3 is 3.04 bits per heavy atom. The average Bonchev–Trinajstić information content (AvgIpc) is 2.89. The Morgan fingerprint density at radius 2 is 2.24 bits per heavy atom. The molecule has 25 heavy (non-hydrogen) atoms. The highest BCUT2D eigenvalue weighted by atomic mass is 16.5. The Balaban J connectivity index is 1.59. The minimum Gasteiger partial charge on any atom is -0.384 e. The number of amides is 1. The molecule has 3 rings (SSSR count). The van der Waals surface area contributed by atoms with Crippen molar-refractivity contribution in [2.75, 3.05) is 26.8 Å². The number of fused-ring (bicyclic) bond motifs is 1. The molecule has 0 aromatic carbocycles. The van der Waals surface area contributed by atoms with E-state index in [9.17, 15) is 4.79 Å². The van der Waals surface area contributed by atoms with Crippen LogP contribution in [0.15, 0.2) is 24.5 Å². The number of pyridine rings is 1. The van der Waals surface area contributed by atoms with Crippen LogP contribution in [0.5, 0.6) is 0 Å². The van der Waals surface area contributed by atoms with Crippen LogP contribution in [0.25, 0.3) is 11.0 Å².